The van der Waals surface area contributed by atoms with Gasteiger partial charge in [0.1, 0.15) is 22.9 Å². The predicted molar refractivity (Wildman–Crippen MR) is 128 cm³/mol. The van der Waals surface area contributed by atoms with E-state index in [0.29, 0.717) is 24.1 Å². The molecule has 3 aromatic rings. The summed E-state index contributed by atoms with van der Waals surface area (Å²) >= 11 is 0. The average molecular weight is 432 g/mol. The van der Waals surface area contributed by atoms with E-state index in [1.807, 2.05) is 48.7 Å². The highest BCUT2D eigenvalue weighted by molar-refractivity contribution is 5.83. The number of hydrogen-bond donors (Lipinski definition) is 1. The summed E-state index contributed by atoms with van der Waals surface area (Å²) < 4.78 is 8.00. The molecule has 0 aliphatic heterocycles. The molecule has 2 saturated carbocycles. The quantitative estimate of drug-likeness (QED) is 0.337. The first-order chi connectivity index (χ1) is 15.8. The summed E-state index contributed by atoms with van der Waals surface area (Å²) in [5.74, 6) is 2.12. The van der Waals surface area contributed by atoms with Crippen LogP contribution in [0.4, 0.5) is 5.82 Å². The first-order valence-electron chi connectivity index (χ1n) is 12.3. The fourth-order valence-electron chi connectivity index (χ4n) is 5.31. The molecule has 1 aromatic carbocycles. The minimum Gasteiger partial charge on any atom is -0.426 e. The maximum atomic E-state index is 12.7. The number of carbonyl (C=O) groups is 1. The fourth-order valence-corrected chi connectivity index (χ4v) is 5.31. The second kappa shape index (κ2) is 9.76. The van der Waals surface area contributed by atoms with Crippen molar-refractivity contribution in [2.75, 3.05) is 5.32 Å². The van der Waals surface area contributed by atoms with Gasteiger partial charge in [0.2, 0.25) is 0 Å². The molecule has 2 aliphatic rings. The Morgan fingerprint density at radius 1 is 0.969 bits per heavy atom. The van der Waals surface area contributed by atoms with Crippen LogP contribution < -0.4 is 10.1 Å². The maximum absolute atomic E-state index is 12.7. The molecule has 0 unspecified atom stereocenters. The van der Waals surface area contributed by atoms with Crippen molar-refractivity contribution in [1.29, 1.82) is 0 Å². The Morgan fingerprint density at radius 3 is 2.56 bits per heavy atom. The Labute approximate surface area is 190 Å². The average Bonchev–Trinajstić information content (AvgIpc) is 3.47. The number of benzene rings is 1. The minimum absolute atomic E-state index is 0.144. The Balaban J connectivity index is 1.42. The predicted octanol–water partition coefficient (Wildman–Crippen LogP) is 6.62. The number of anilines is 1. The third kappa shape index (κ3) is 4.67. The molecule has 168 valence electrons. The summed E-state index contributed by atoms with van der Waals surface area (Å²) in [6, 6.07) is 14.3. The van der Waals surface area contributed by atoms with Gasteiger partial charge >= 0.3 is 5.97 Å². The molecule has 1 N–H and O–H groups in total. The molecule has 2 heterocycles. The van der Waals surface area contributed by atoms with E-state index in [-0.39, 0.29) is 5.97 Å². The second-order valence-electron chi connectivity index (χ2n) is 9.38. The van der Waals surface area contributed by atoms with Gasteiger partial charge in [0.25, 0.3) is 0 Å². The van der Waals surface area contributed by atoms with Crippen LogP contribution in [-0.4, -0.2) is 21.4 Å². The SMILES string of the molecule is O=C(CCC1CCCC1)Oc1ccccc1-c1nc2ccccn2c1NC1CCCCC1. The van der Waals surface area contributed by atoms with Crippen LogP contribution in [0.1, 0.15) is 70.6 Å². The van der Waals surface area contributed by atoms with Crippen molar-refractivity contribution < 1.29 is 9.53 Å². The van der Waals surface area contributed by atoms with Crippen molar-refractivity contribution in [3.63, 3.8) is 0 Å². The number of nitrogens with one attached hydrogen (secondary N) is 1. The first-order valence-corrected chi connectivity index (χ1v) is 12.3. The third-order valence-electron chi connectivity index (χ3n) is 7.07. The van der Waals surface area contributed by atoms with Crippen molar-refractivity contribution in [3.8, 4) is 17.0 Å². The summed E-state index contributed by atoms with van der Waals surface area (Å²) in [7, 11) is 0. The molecule has 0 amide bonds. The summed E-state index contributed by atoms with van der Waals surface area (Å²) in [6.07, 6.45) is 14.8. The first kappa shape index (κ1) is 21.0. The van der Waals surface area contributed by atoms with Gasteiger partial charge in [0.05, 0.1) is 0 Å². The lowest BCUT2D eigenvalue weighted by atomic mass is 9.95. The van der Waals surface area contributed by atoms with Gasteiger partial charge in [-0.05, 0) is 49.4 Å². The minimum atomic E-state index is -0.144. The highest BCUT2D eigenvalue weighted by Crippen LogP contribution is 2.37. The monoisotopic (exact) mass is 431 g/mol. The highest BCUT2D eigenvalue weighted by Gasteiger charge is 2.23. The summed E-state index contributed by atoms with van der Waals surface area (Å²) in [4.78, 5) is 17.6. The van der Waals surface area contributed by atoms with E-state index in [9.17, 15) is 4.79 Å². The number of aromatic nitrogens is 2. The molecule has 5 nitrogen and oxygen atoms in total. The zero-order valence-corrected chi connectivity index (χ0v) is 18.8. The number of fused-ring (bicyclic) bond motifs is 1. The van der Waals surface area contributed by atoms with Gasteiger partial charge in [-0.2, -0.15) is 0 Å². The number of rotatable bonds is 7. The number of hydrogen-bond acceptors (Lipinski definition) is 4. The lowest BCUT2D eigenvalue weighted by Crippen LogP contribution is -2.23. The zero-order chi connectivity index (χ0) is 21.8. The van der Waals surface area contributed by atoms with Crippen LogP contribution in [-0.2, 0) is 4.79 Å². The van der Waals surface area contributed by atoms with Gasteiger partial charge < -0.3 is 10.1 Å². The van der Waals surface area contributed by atoms with E-state index < -0.39 is 0 Å². The van der Waals surface area contributed by atoms with Crippen molar-refractivity contribution >= 4 is 17.4 Å². The lowest BCUT2D eigenvalue weighted by Gasteiger charge is -2.24. The number of para-hydroxylation sites is 1. The van der Waals surface area contributed by atoms with Crippen molar-refractivity contribution in [1.82, 2.24) is 9.38 Å². The zero-order valence-electron chi connectivity index (χ0n) is 18.8. The third-order valence-corrected chi connectivity index (χ3v) is 7.07. The number of nitrogens with zero attached hydrogens (tertiary/aromatic N) is 2. The van der Waals surface area contributed by atoms with Crippen molar-refractivity contribution in [2.24, 2.45) is 5.92 Å². The molecule has 2 fully saturated rings. The highest BCUT2D eigenvalue weighted by atomic mass is 16.5. The van der Waals surface area contributed by atoms with Crippen LogP contribution in [0.15, 0.2) is 48.7 Å². The number of carbonyl (C=O) groups excluding carboxylic acids is 1. The van der Waals surface area contributed by atoms with E-state index >= 15 is 0 Å². The largest absolute Gasteiger partial charge is 0.426 e. The lowest BCUT2D eigenvalue weighted by molar-refractivity contribution is -0.134. The van der Waals surface area contributed by atoms with E-state index in [1.54, 1.807) is 0 Å². The van der Waals surface area contributed by atoms with Crippen LogP contribution in [0.2, 0.25) is 0 Å². The van der Waals surface area contributed by atoms with E-state index in [1.165, 1.54) is 57.8 Å². The molecule has 5 rings (SSSR count). The van der Waals surface area contributed by atoms with Gasteiger partial charge in [-0.25, -0.2) is 4.98 Å². The standard InChI is InChI=1S/C27H33N3O2/c31-25(18-17-20-10-4-5-11-20)32-23-15-7-6-14-22(23)26-27(28-21-12-2-1-3-13-21)30-19-9-8-16-24(30)29-26/h6-9,14-16,19-21,28H,1-5,10-13,17-18H2. The summed E-state index contributed by atoms with van der Waals surface area (Å²) in [6.45, 7) is 0. The maximum Gasteiger partial charge on any atom is 0.311 e. The molecule has 5 heteroatoms. The topological polar surface area (TPSA) is 55.6 Å². The van der Waals surface area contributed by atoms with E-state index in [0.717, 1.165) is 29.1 Å². The fraction of sp³-hybridized carbons (Fsp3) is 0.481. The molecule has 0 spiro atoms. The molecule has 2 aliphatic carbocycles. The molecule has 0 radical (unpaired) electrons. The van der Waals surface area contributed by atoms with Crippen LogP contribution in [0, 0.1) is 5.92 Å². The molecule has 0 bridgehead atoms. The van der Waals surface area contributed by atoms with Crippen LogP contribution in [0.5, 0.6) is 5.75 Å². The smallest absolute Gasteiger partial charge is 0.311 e. The van der Waals surface area contributed by atoms with Gasteiger partial charge in [0.15, 0.2) is 0 Å². The molecular formula is C27H33N3O2. The number of ether oxygens (including phenoxy) is 1. The van der Waals surface area contributed by atoms with Crippen molar-refractivity contribution in [2.45, 2.75) is 76.7 Å². The Hall–Kier alpha value is -2.82. The van der Waals surface area contributed by atoms with Crippen LogP contribution >= 0.6 is 0 Å². The van der Waals surface area contributed by atoms with Crippen LogP contribution in [0.3, 0.4) is 0 Å². The number of esters is 1. The van der Waals surface area contributed by atoms with Gasteiger partial charge in [-0.15, -0.1) is 0 Å². The molecule has 0 atom stereocenters. The van der Waals surface area contributed by atoms with Crippen molar-refractivity contribution in [3.05, 3.63) is 48.7 Å². The summed E-state index contributed by atoms with van der Waals surface area (Å²) in [5, 5.41) is 3.77. The molecule has 2 aromatic heterocycles. The van der Waals surface area contributed by atoms with Gasteiger partial charge in [0, 0.05) is 24.2 Å². The summed E-state index contributed by atoms with van der Waals surface area (Å²) in [5.41, 5.74) is 2.60. The second-order valence-corrected chi connectivity index (χ2v) is 9.38. The van der Waals surface area contributed by atoms with E-state index in [4.69, 9.17) is 9.72 Å². The van der Waals surface area contributed by atoms with Gasteiger partial charge in [-0.3, -0.25) is 9.20 Å². The number of pyridine rings is 1. The Bertz CT molecular complexity index is 1060. The Kier molecular flexibility index (Phi) is 6.42. The van der Waals surface area contributed by atoms with E-state index in [2.05, 4.69) is 9.72 Å². The normalized spacial score (nSPS) is 17.6. The molecular weight excluding hydrogens is 398 g/mol. The molecule has 32 heavy (non-hydrogen) atoms. The van der Waals surface area contributed by atoms with Crippen LogP contribution in [0.25, 0.3) is 16.9 Å². The Morgan fingerprint density at radius 2 is 1.72 bits per heavy atom. The molecule has 0 saturated heterocycles. The number of imidazole rings is 1. The van der Waals surface area contributed by atoms with Gasteiger partial charge in [-0.1, -0.05) is 63.1 Å².